The highest BCUT2D eigenvalue weighted by atomic mass is 35.5. The van der Waals surface area contributed by atoms with Gasteiger partial charge in [0.05, 0.1) is 5.71 Å². The van der Waals surface area contributed by atoms with Crippen molar-refractivity contribution in [2.75, 3.05) is 5.32 Å². The third-order valence-corrected chi connectivity index (χ3v) is 4.89. The lowest BCUT2D eigenvalue weighted by Gasteiger charge is -2.25. The second-order valence-electron chi connectivity index (χ2n) is 5.99. The zero-order valence-electron chi connectivity index (χ0n) is 13.3. The van der Waals surface area contributed by atoms with Crippen LogP contribution in [0.3, 0.4) is 0 Å². The number of nitrogens with one attached hydrogen (secondary N) is 1. The predicted molar refractivity (Wildman–Crippen MR) is 103 cm³/mol. The number of thiocarbonyl (C=S) groups is 1. The lowest BCUT2D eigenvalue weighted by molar-refractivity contribution is 0.569. The number of rotatable bonds is 3. The van der Waals surface area contributed by atoms with Gasteiger partial charge < -0.3 is 5.32 Å². The van der Waals surface area contributed by atoms with Crippen molar-refractivity contribution in [1.82, 2.24) is 0 Å². The molecule has 1 aliphatic rings. The Morgan fingerprint density at radius 2 is 1.91 bits per heavy atom. The molecular formula is C19H19ClN2S. The topological polar surface area (TPSA) is 24.4 Å². The summed E-state index contributed by atoms with van der Waals surface area (Å²) in [5.41, 5.74) is 3.55. The van der Waals surface area contributed by atoms with Gasteiger partial charge in [0.1, 0.15) is 10.5 Å². The third kappa shape index (κ3) is 3.17. The average molecular weight is 343 g/mol. The summed E-state index contributed by atoms with van der Waals surface area (Å²) in [6.07, 6.45) is 1.91. The van der Waals surface area contributed by atoms with Crippen LogP contribution in [-0.2, 0) is 0 Å². The molecule has 0 saturated heterocycles. The van der Waals surface area contributed by atoms with E-state index in [0.717, 1.165) is 40.4 Å². The molecule has 0 unspecified atom stereocenters. The fraction of sp³-hybridized carbons (Fsp3) is 0.263. The van der Waals surface area contributed by atoms with E-state index >= 15 is 0 Å². The van der Waals surface area contributed by atoms with Crippen LogP contribution < -0.4 is 5.32 Å². The van der Waals surface area contributed by atoms with Crippen LogP contribution in [-0.4, -0.2) is 16.2 Å². The number of hydrogen-bond acceptors (Lipinski definition) is 2. The molecule has 3 rings (SSSR count). The quantitative estimate of drug-likeness (QED) is 0.746. The molecule has 2 aromatic rings. The largest absolute Gasteiger partial charge is 0.347 e. The zero-order chi connectivity index (χ0) is 16.4. The standard InChI is InChI=1S/C19H19ClN2S/c1-3-11-19(2)18(23)21-16-10-9-14(20)12-15(16)17(22-19)13-7-5-4-6-8-13/h4-10,12H,3,11H2,1-2H3,(H,21,23)/t19-/m0/s1. The van der Waals surface area contributed by atoms with Crippen LogP contribution in [0.15, 0.2) is 53.5 Å². The first-order valence-electron chi connectivity index (χ1n) is 7.80. The molecule has 1 aliphatic heterocycles. The highest BCUT2D eigenvalue weighted by Gasteiger charge is 2.32. The first-order valence-corrected chi connectivity index (χ1v) is 8.59. The van der Waals surface area contributed by atoms with Crippen molar-refractivity contribution in [3.05, 3.63) is 64.7 Å². The minimum absolute atomic E-state index is 0.416. The molecule has 0 bridgehead atoms. The number of aliphatic imine (C=N–C) groups is 1. The van der Waals surface area contributed by atoms with Crippen molar-refractivity contribution in [3.8, 4) is 0 Å². The number of nitrogens with zero attached hydrogens (tertiary/aromatic N) is 1. The molecule has 0 saturated carbocycles. The molecule has 23 heavy (non-hydrogen) atoms. The Bertz CT molecular complexity index is 770. The van der Waals surface area contributed by atoms with Crippen LogP contribution in [0.1, 0.15) is 37.8 Å². The van der Waals surface area contributed by atoms with Crippen LogP contribution >= 0.6 is 23.8 Å². The molecule has 0 amide bonds. The highest BCUT2D eigenvalue weighted by molar-refractivity contribution is 7.80. The van der Waals surface area contributed by atoms with E-state index in [4.69, 9.17) is 28.8 Å². The summed E-state index contributed by atoms with van der Waals surface area (Å²) >= 11 is 11.9. The van der Waals surface area contributed by atoms with Gasteiger partial charge in [-0.3, -0.25) is 4.99 Å². The van der Waals surface area contributed by atoms with Gasteiger partial charge >= 0.3 is 0 Å². The second kappa shape index (κ2) is 6.42. The average Bonchev–Trinajstić information content (AvgIpc) is 2.65. The van der Waals surface area contributed by atoms with E-state index < -0.39 is 5.54 Å². The number of hydrogen-bond donors (Lipinski definition) is 1. The molecule has 0 aromatic heterocycles. The van der Waals surface area contributed by atoms with Crippen molar-refractivity contribution < 1.29 is 0 Å². The van der Waals surface area contributed by atoms with Gasteiger partial charge in [-0.1, -0.05) is 67.5 Å². The summed E-state index contributed by atoms with van der Waals surface area (Å²) < 4.78 is 0. The summed E-state index contributed by atoms with van der Waals surface area (Å²) in [6.45, 7) is 4.25. The molecule has 1 heterocycles. The molecule has 1 atom stereocenters. The predicted octanol–water partition coefficient (Wildman–Crippen LogP) is 5.49. The van der Waals surface area contributed by atoms with E-state index in [2.05, 4.69) is 31.3 Å². The Labute approximate surface area is 147 Å². The molecule has 0 spiro atoms. The Morgan fingerprint density at radius 1 is 1.17 bits per heavy atom. The SMILES string of the molecule is CCC[C@]1(C)N=C(c2ccccc2)c2cc(Cl)ccc2NC1=S. The van der Waals surface area contributed by atoms with Gasteiger partial charge in [0.25, 0.3) is 0 Å². The normalized spacial score (nSPS) is 20.3. The lowest BCUT2D eigenvalue weighted by atomic mass is 9.95. The molecule has 0 fully saturated rings. The number of fused-ring (bicyclic) bond motifs is 1. The first-order chi connectivity index (χ1) is 11.0. The second-order valence-corrected chi connectivity index (χ2v) is 6.84. The molecular weight excluding hydrogens is 324 g/mol. The Balaban J connectivity index is 2.25. The molecule has 0 aliphatic carbocycles. The van der Waals surface area contributed by atoms with Gasteiger partial charge in [0.15, 0.2) is 0 Å². The number of benzodiazepines with no additional fused rings is 1. The fourth-order valence-electron chi connectivity index (χ4n) is 2.91. The van der Waals surface area contributed by atoms with Crippen molar-refractivity contribution in [1.29, 1.82) is 0 Å². The zero-order valence-corrected chi connectivity index (χ0v) is 14.8. The van der Waals surface area contributed by atoms with E-state index in [1.807, 2.05) is 36.4 Å². The molecule has 1 N–H and O–H groups in total. The molecule has 4 heteroatoms. The van der Waals surface area contributed by atoms with Gasteiger partial charge in [-0.25, -0.2) is 0 Å². The van der Waals surface area contributed by atoms with Crippen LogP contribution in [0.5, 0.6) is 0 Å². The van der Waals surface area contributed by atoms with Crippen LogP contribution in [0.4, 0.5) is 5.69 Å². The van der Waals surface area contributed by atoms with E-state index in [-0.39, 0.29) is 0 Å². The van der Waals surface area contributed by atoms with Crippen molar-refractivity contribution in [2.24, 2.45) is 4.99 Å². The molecule has 2 aromatic carbocycles. The molecule has 0 radical (unpaired) electrons. The lowest BCUT2D eigenvalue weighted by Crippen LogP contribution is -2.36. The monoisotopic (exact) mass is 342 g/mol. The number of benzene rings is 2. The van der Waals surface area contributed by atoms with Crippen molar-refractivity contribution in [3.63, 3.8) is 0 Å². The minimum Gasteiger partial charge on any atom is -0.347 e. The van der Waals surface area contributed by atoms with E-state index in [1.54, 1.807) is 0 Å². The molecule has 118 valence electrons. The third-order valence-electron chi connectivity index (χ3n) is 4.12. The van der Waals surface area contributed by atoms with Crippen LogP contribution in [0.2, 0.25) is 5.02 Å². The first kappa shape index (κ1) is 16.2. The van der Waals surface area contributed by atoms with Gasteiger partial charge in [-0.05, 0) is 31.5 Å². The highest BCUT2D eigenvalue weighted by Crippen LogP contribution is 2.32. The summed E-state index contributed by atoms with van der Waals surface area (Å²) in [7, 11) is 0. The maximum absolute atomic E-state index is 6.24. The maximum Gasteiger partial charge on any atom is 0.109 e. The molecule has 2 nitrogen and oxygen atoms in total. The number of anilines is 1. The number of halogens is 1. The summed E-state index contributed by atoms with van der Waals surface area (Å²) in [6, 6.07) is 16.0. The fourth-order valence-corrected chi connectivity index (χ4v) is 3.34. The van der Waals surface area contributed by atoms with E-state index in [0.29, 0.717) is 5.02 Å². The van der Waals surface area contributed by atoms with Crippen molar-refractivity contribution in [2.45, 2.75) is 32.2 Å². The minimum atomic E-state index is -0.416. The Morgan fingerprint density at radius 3 is 2.61 bits per heavy atom. The van der Waals surface area contributed by atoms with Gasteiger partial charge in [-0.15, -0.1) is 0 Å². The van der Waals surface area contributed by atoms with E-state index in [1.165, 1.54) is 0 Å². The van der Waals surface area contributed by atoms with Gasteiger partial charge in [-0.2, -0.15) is 0 Å². The Kier molecular flexibility index (Phi) is 4.51. The maximum atomic E-state index is 6.24. The van der Waals surface area contributed by atoms with Crippen molar-refractivity contribution >= 4 is 40.2 Å². The smallest absolute Gasteiger partial charge is 0.109 e. The van der Waals surface area contributed by atoms with Gasteiger partial charge in [0, 0.05) is 21.8 Å². The van der Waals surface area contributed by atoms with Crippen LogP contribution in [0.25, 0.3) is 0 Å². The van der Waals surface area contributed by atoms with Crippen LogP contribution in [0, 0.1) is 0 Å². The summed E-state index contributed by atoms with van der Waals surface area (Å²) in [5.74, 6) is 0. The summed E-state index contributed by atoms with van der Waals surface area (Å²) in [5, 5.41) is 4.08. The van der Waals surface area contributed by atoms with E-state index in [9.17, 15) is 0 Å². The van der Waals surface area contributed by atoms with Gasteiger partial charge in [0.2, 0.25) is 0 Å². The Hall–Kier alpha value is -1.71. The summed E-state index contributed by atoms with van der Waals surface area (Å²) in [4.78, 5) is 5.84.